The van der Waals surface area contributed by atoms with Gasteiger partial charge in [-0.15, -0.1) is 0 Å². The Morgan fingerprint density at radius 1 is 1.27 bits per heavy atom. The molecule has 0 saturated heterocycles. The van der Waals surface area contributed by atoms with Crippen LogP contribution in [-0.2, 0) is 20.9 Å². The molecule has 2 aliphatic carbocycles. The summed E-state index contributed by atoms with van der Waals surface area (Å²) in [5, 5.41) is 2.77. The largest absolute Gasteiger partial charge is 0.468 e. The van der Waals surface area contributed by atoms with E-state index in [9.17, 15) is 18.4 Å². The van der Waals surface area contributed by atoms with Crippen LogP contribution in [0.2, 0.25) is 0 Å². The Balaban J connectivity index is 1.74. The van der Waals surface area contributed by atoms with Gasteiger partial charge in [-0.3, -0.25) is 9.59 Å². The molecule has 0 spiro atoms. The first-order valence-electron chi connectivity index (χ1n) is 8.28. The number of rotatable bonds is 5. The lowest BCUT2D eigenvalue weighted by Gasteiger charge is -2.27. The minimum absolute atomic E-state index is 0.188. The zero-order valence-electron chi connectivity index (χ0n) is 14.3. The lowest BCUT2D eigenvalue weighted by molar-refractivity contribution is -0.151. The molecule has 3 rings (SSSR count). The zero-order valence-corrected chi connectivity index (χ0v) is 14.3. The fraction of sp³-hybridized carbons (Fsp3) is 0.368. The molecule has 5 nitrogen and oxygen atoms in total. The van der Waals surface area contributed by atoms with Crippen molar-refractivity contribution in [3.05, 3.63) is 53.6 Å². The van der Waals surface area contributed by atoms with Crippen molar-refractivity contribution in [2.45, 2.75) is 30.8 Å². The molecule has 26 heavy (non-hydrogen) atoms. The van der Waals surface area contributed by atoms with Crippen LogP contribution in [0.5, 0.6) is 0 Å². The van der Waals surface area contributed by atoms with Crippen molar-refractivity contribution in [1.82, 2.24) is 5.32 Å². The predicted octanol–water partition coefficient (Wildman–Crippen LogP) is 2.17. The predicted molar refractivity (Wildman–Crippen MR) is 92.0 cm³/mol. The third kappa shape index (κ3) is 3.53. The van der Waals surface area contributed by atoms with Crippen LogP contribution in [0.25, 0.3) is 5.57 Å². The van der Waals surface area contributed by atoms with Gasteiger partial charge in [-0.05, 0) is 35.6 Å². The van der Waals surface area contributed by atoms with Crippen molar-refractivity contribution in [2.75, 3.05) is 7.11 Å². The van der Waals surface area contributed by atoms with E-state index in [-0.39, 0.29) is 11.5 Å². The van der Waals surface area contributed by atoms with Gasteiger partial charge in [0.1, 0.15) is 5.92 Å². The molecule has 0 bridgehead atoms. The molecule has 0 radical (unpaired) electrons. The highest BCUT2D eigenvalue weighted by Crippen LogP contribution is 2.40. The first-order chi connectivity index (χ1) is 12.3. The molecule has 0 heterocycles. The highest BCUT2D eigenvalue weighted by atomic mass is 19.3. The van der Waals surface area contributed by atoms with Gasteiger partial charge < -0.3 is 15.8 Å². The number of allylic oxidation sites excluding steroid dienone is 3. The van der Waals surface area contributed by atoms with Crippen LogP contribution in [0, 0.1) is 5.92 Å². The van der Waals surface area contributed by atoms with Gasteiger partial charge in [0.05, 0.1) is 12.6 Å². The second-order valence-corrected chi connectivity index (χ2v) is 6.65. The number of nitrogens with two attached hydrogens (primary N) is 1. The molecule has 3 N–H and O–H groups in total. The van der Waals surface area contributed by atoms with Crippen LogP contribution >= 0.6 is 0 Å². The highest BCUT2D eigenvalue weighted by Gasteiger charge is 2.47. The molecule has 1 fully saturated rings. The van der Waals surface area contributed by atoms with E-state index in [0.717, 1.165) is 12.7 Å². The molecule has 0 aliphatic heterocycles. The molecule has 1 saturated carbocycles. The van der Waals surface area contributed by atoms with Crippen molar-refractivity contribution in [2.24, 2.45) is 11.7 Å². The maximum absolute atomic E-state index is 14.2. The van der Waals surface area contributed by atoms with E-state index >= 15 is 0 Å². The number of esters is 1. The number of carbonyl (C=O) groups is 2. The molecular formula is C19H20F2N2O3. The first-order valence-corrected chi connectivity index (χ1v) is 8.28. The number of benzene rings is 1. The van der Waals surface area contributed by atoms with Gasteiger partial charge in [-0.2, -0.15) is 0 Å². The summed E-state index contributed by atoms with van der Waals surface area (Å²) < 4.78 is 32.9. The summed E-state index contributed by atoms with van der Waals surface area (Å²) in [6.45, 7) is 0.299. The van der Waals surface area contributed by atoms with Gasteiger partial charge >= 0.3 is 5.97 Å². The minimum atomic E-state index is -3.32. The minimum Gasteiger partial charge on any atom is -0.468 e. The van der Waals surface area contributed by atoms with Crippen LogP contribution in [0.1, 0.15) is 24.0 Å². The number of amides is 1. The van der Waals surface area contributed by atoms with Crippen LogP contribution < -0.4 is 11.1 Å². The number of alkyl halides is 2. The Morgan fingerprint density at radius 2 is 1.92 bits per heavy atom. The van der Waals surface area contributed by atoms with Gasteiger partial charge in [0, 0.05) is 6.54 Å². The van der Waals surface area contributed by atoms with Gasteiger partial charge in [-0.1, -0.05) is 36.4 Å². The molecular weight excluding hydrogens is 342 g/mol. The molecule has 1 amide bonds. The summed E-state index contributed by atoms with van der Waals surface area (Å²) in [7, 11) is 1.09. The van der Waals surface area contributed by atoms with E-state index in [1.54, 1.807) is 24.3 Å². The Bertz CT molecular complexity index is 780. The number of methoxy groups -OCH3 is 1. The molecule has 2 aliphatic rings. The summed E-state index contributed by atoms with van der Waals surface area (Å²) in [6.07, 6.45) is 4.79. The van der Waals surface area contributed by atoms with E-state index in [4.69, 9.17) is 5.73 Å². The maximum Gasteiger partial charge on any atom is 0.319 e. The highest BCUT2D eigenvalue weighted by molar-refractivity contribution is 5.91. The van der Waals surface area contributed by atoms with Crippen LogP contribution in [0.15, 0.2) is 42.5 Å². The van der Waals surface area contributed by atoms with Crippen LogP contribution in [0.3, 0.4) is 0 Å². The normalized spacial score (nSPS) is 22.3. The Labute approximate surface area is 149 Å². The summed E-state index contributed by atoms with van der Waals surface area (Å²) in [4.78, 5) is 23.7. The standard InChI is InChI=1S/C19H20F2N2O3/c1-26-16(24)15-14(3-2-8-19(15,20)21)13-6-4-12(5-7-13)11-23-17(25)18(22)9-10-18/h2-8,15H,9-11,22H2,1H3,(H,23,25). The zero-order chi connectivity index (χ0) is 18.9. The second-order valence-electron chi connectivity index (χ2n) is 6.65. The quantitative estimate of drug-likeness (QED) is 0.787. The summed E-state index contributed by atoms with van der Waals surface area (Å²) in [5.74, 6) is -6.18. The smallest absolute Gasteiger partial charge is 0.319 e. The molecule has 1 unspecified atom stereocenters. The average molecular weight is 362 g/mol. The van der Waals surface area contributed by atoms with Crippen molar-refractivity contribution in [3.8, 4) is 0 Å². The number of ether oxygens (including phenoxy) is 1. The summed E-state index contributed by atoms with van der Waals surface area (Å²) in [6, 6.07) is 6.73. The Hall–Kier alpha value is -2.54. The Kier molecular flexibility index (Phi) is 4.66. The number of hydrogen-bond acceptors (Lipinski definition) is 4. The third-order valence-corrected chi connectivity index (χ3v) is 4.71. The SMILES string of the molecule is COC(=O)C1C(c2ccc(CNC(=O)C3(N)CC3)cc2)=CC=CC1(F)F. The molecule has 138 valence electrons. The van der Waals surface area contributed by atoms with Crippen LogP contribution in [0.4, 0.5) is 8.78 Å². The van der Waals surface area contributed by atoms with Crippen molar-refractivity contribution in [1.29, 1.82) is 0 Å². The number of halogens is 2. The number of hydrogen-bond donors (Lipinski definition) is 2. The number of nitrogens with one attached hydrogen (secondary N) is 1. The third-order valence-electron chi connectivity index (χ3n) is 4.71. The molecule has 7 heteroatoms. The van der Waals surface area contributed by atoms with E-state index in [0.29, 0.717) is 31.0 Å². The first kappa shape index (κ1) is 18.3. The Morgan fingerprint density at radius 3 is 2.50 bits per heavy atom. The van der Waals surface area contributed by atoms with Gasteiger partial charge in [0.15, 0.2) is 0 Å². The van der Waals surface area contributed by atoms with E-state index in [2.05, 4.69) is 10.1 Å². The molecule has 1 aromatic carbocycles. The van der Waals surface area contributed by atoms with Gasteiger partial charge in [-0.25, -0.2) is 8.78 Å². The lowest BCUT2D eigenvalue weighted by atomic mass is 9.84. The second kappa shape index (κ2) is 6.64. The number of carbonyl (C=O) groups excluding carboxylic acids is 2. The fourth-order valence-corrected chi connectivity index (χ4v) is 2.88. The van der Waals surface area contributed by atoms with Crippen molar-refractivity contribution < 1.29 is 23.1 Å². The summed E-state index contributed by atoms with van der Waals surface area (Å²) >= 11 is 0. The fourth-order valence-electron chi connectivity index (χ4n) is 2.88. The molecule has 1 aromatic rings. The van der Waals surface area contributed by atoms with Gasteiger partial charge in [0.2, 0.25) is 5.91 Å². The summed E-state index contributed by atoms with van der Waals surface area (Å²) in [5.41, 5.74) is 6.58. The van der Waals surface area contributed by atoms with Crippen molar-refractivity contribution in [3.63, 3.8) is 0 Å². The monoisotopic (exact) mass is 362 g/mol. The van der Waals surface area contributed by atoms with E-state index in [1.807, 2.05) is 0 Å². The van der Waals surface area contributed by atoms with E-state index in [1.165, 1.54) is 12.2 Å². The topological polar surface area (TPSA) is 81.4 Å². The van der Waals surface area contributed by atoms with Crippen LogP contribution in [-0.4, -0.2) is 30.4 Å². The maximum atomic E-state index is 14.2. The molecule has 1 atom stereocenters. The van der Waals surface area contributed by atoms with Gasteiger partial charge in [0.25, 0.3) is 5.92 Å². The average Bonchev–Trinajstić information content (AvgIpc) is 3.37. The van der Waals surface area contributed by atoms with Crippen molar-refractivity contribution >= 4 is 17.4 Å². The lowest BCUT2D eigenvalue weighted by Crippen LogP contribution is -2.42. The van der Waals surface area contributed by atoms with E-state index < -0.39 is 23.3 Å². The molecule has 0 aromatic heterocycles.